The summed E-state index contributed by atoms with van der Waals surface area (Å²) in [6.45, 7) is 7.71. The molecule has 1 aliphatic heterocycles. The van der Waals surface area contributed by atoms with E-state index in [0.717, 1.165) is 0 Å². The van der Waals surface area contributed by atoms with Crippen molar-refractivity contribution in [2.24, 2.45) is 5.92 Å². The second-order valence-corrected chi connectivity index (χ2v) is 3.98. The molecule has 4 nitrogen and oxygen atoms in total. The van der Waals surface area contributed by atoms with Crippen LogP contribution in [0.25, 0.3) is 0 Å². The fourth-order valence-electron chi connectivity index (χ4n) is 1.68. The van der Waals surface area contributed by atoms with Crippen LogP contribution in [0.15, 0.2) is 0 Å². The molecule has 1 fully saturated rings. The van der Waals surface area contributed by atoms with Gasteiger partial charge in [-0.05, 0) is 19.8 Å². The lowest BCUT2D eigenvalue weighted by atomic mass is 10.0. The number of rotatable bonds is 2. The molecule has 1 atom stereocenters. The molecule has 1 rings (SSSR count). The maximum Gasteiger partial charge on any atom is 0.325 e. The minimum atomic E-state index is -0.299. The molecule has 0 aromatic heterocycles. The molecule has 3 amide bonds. The number of urea groups is 1. The highest BCUT2D eigenvalue weighted by molar-refractivity contribution is 6.04. The van der Waals surface area contributed by atoms with E-state index in [2.05, 4.69) is 5.32 Å². The van der Waals surface area contributed by atoms with Gasteiger partial charge in [0.1, 0.15) is 6.04 Å². The van der Waals surface area contributed by atoms with E-state index in [0.29, 0.717) is 0 Å². The molecule has 0 aromatic rings. The molecule has 74 valence electrons. The summed E-state index contributed by atoms with van der Waals surface area (Å²) in [7, 11) is 0. The molecule has 0 bridgehead atoms. The average Bonchev–Trinajstić information content (AvgIpc) is 2.24. The number of amides is 3. The lowest BCUT2D eigenvalue weighted by Crippen LogP contribution is -2.43. The van der Waals surface area contributed by atoms with Gasteiger partial charge >= 0.3 is 6.03 Å². The molecule has 0 spiro atoms. The van der Waals surface area contributed by atoms with Crippen molar-refractivity contribution in [3.63, 3.8) is 0 Å². The van der Waals surface area contributed by atoms with E-state index in [1.165, 1.54) is 0 Å². The summed E-state index contributed by atoms with van der Waals surface area (Å²) < 4.78 is 0. The molecular formula is C9H16N2O2. The summed E-state index contributed by atoms with van der Waals surface area (Å²) >= 11 is 0. The van der Waals surface area contributed by atoms with Crippen LogP contribution in [0.3, 0.4) is 0 Å². The first-order valence-electron chi connectivity index (χ1n) is 4.58. The number of imide groups is 1. The van der Waals surface area contributed by atoms with Crippen LogP contribution in [0, 0.1) is 5.92 Å². The van der Waals surface area contributed by atoms with Crippen LogP contribution in [0.5, 0.6) is 0 Å². The zero-order valence-electron chi connectivity index (χ0n) is 8.50. The topological polar surface area (TPSA) is 49.4 Å². The van der Waals surface area contributed by atoms with Crippen LogP contribution < -0.4 is 5.32 Å². The van der Waals surface area contributed by atoms with Crippen molar-refractivity contribution in [1.82, 2.24) is 10.2 Å². The molecule has 1 heterocycles. The van der Waals surface area contributed by atoms with E-state index in [-0.39, 0.29) is 29.9 Å². The Morgan fingerprint density at radius 3 is 2.08 bits per heavy atom. The van der Waals surface area contributed by atoms with E-state index < -0.39 is 0 Å². The van der Waals surface area contributed by atoms with Crippen LogP contribution in [-0.4, -0.2) is 28.9 Å². The van der Waals surface area contributed by atoms with Gasteiger partial charge in [0.2, 0.25) is 0 Å². The number of nitrogens with one attached hydrogen (secondary N) is 1. The minimum Gasteiger partial charge on any atom is -0.310 e. The molecule has 1 N–H and O–H groups in total. The number of carbonyl (C=O) groups is 2. The first-order chi connectivity index (χ1) is 5.95. The summed E-state index contributed by atoms with van der Waals surface area (Å²) in [5.74, 6) is -0.0115. The van der Waals surface area contributed by atoms with Crippen LogP contribution in [-0.2, 0) is 4.79 Å². The third kappa shape index (κ3) is 1.66. The van der Waals surface area contributed by atoms with E-state index in [9.17, 15) is 9.59 Å². The van der Waals surface area contributed by atoms with Crippen molar-refractivity contribution >= 4 is 11.9 Å². The summed E-state index contributed by atoms with van der Waals surface area (Å²) in [5.41, 5.74) is 0. The Hall–Kier alpha value is -1.06. The summed E-state index contributed by atoms with van der Waals surface area (Å²) in [4.78, 5) is 24.3. The van der Waals surface area contributed by atoms with Gasteiger partial charge < -0.3 is 4.90 Å². The highest BCUT2D eigenvalue weighted by Gasteiger charge is 2.41. The Kier molecular flexibility index (Phi) is 2.59. The third-order valence-electron chi connectivity index (χ3n) is 2.22. The van der Waals surface area contributed by atoms with Gasteiger partial charge in [-0.25, -0.2) is 4.79 Å². The molecule has 1 unspecified atom stereocenters. The Morgan fingerprint density at radius 2 is 1.77 bits per heavy atom. The van der Waals surface area contributed by atoms with Crippen LogP contribution in [0.4, 0.5) is 4.79 Å². The van der Waals surface area contributed by atoms with Crippen molar-refractivity contribution < 1.29 is 9.59 Å². The maximum absolute atomic E-state index is 11.4. The molecule has 13 heavy (non-hydrogen) atoms. The molecule has 0 saturated carbocycles. The van der Waals surface area contributed by atoms with Gasteiger partial charge in [-0.2, -0.15) is 0 Å². The van der Waals surface area contributed by atoms with Gasteiger partial charge in [0.15, 0.2) is 0 Å². The molecule has 1 aliphatic rings. The predicted octanol–water partition coefficient (Wildman–Crippen LogP) is 0.971. The van der Waals surface area contributed by atoms with E-state index in [4.69, 9.17) is 0 Å². The first-order valence-corrected chi connectivity index (χ1v) is 4.58. The quantitative estimate of drug-likeness (QED) is 0.650. The number of carbonyl (C=O) groups excluding carboxylic acids is 2. The third-order valence-corrected chi connectivity index (χ3v) is 2.22. The average molecular weight is 184 g/mol. The monoisotopic (exact) mass is 184 g/mol. The van der Waals surface area contributed by atoms with Crippen molar-refractivity contribution in [3.05, 3.63) is 0 Å². The Balaban J connectivity index is 2.90. The molecule has 0 aliphatic carbocycles. The van der Waals surface area contributed by atoms with Crippen LogP contribution in [0.2, 0.25) is 0 Å². The van der Waals surface area contributed by atoms with Crippen molar-refractivity contribution in [1.29, 1.82) is 0 Å². The van der Waals surface area contributed by atoms with Crippen LogP contribution in [0.1, 0.15) is 27.7 Å². The smallest absolute Gasteiger partial charge is 0.310 e. The SMILES string of the molecule is CC(C)C1C(=O)NC(=O)N1C(C)C. The zero-order valence-corrected chi connectivity index (χ0v) is 8.50. The number of nitrogens with zero attached hydrogens (tertiary/aromatic N) is 1. The van der Waals surface area contributed by atoms with Crippen molar-refractivity contribution in [2.75, 3.05) is 0 Å². The summed E-state index contributed by atoms with van der Waals surface area (Å²) in [6, 6.07) is -0.495. The first kappa shape index (κ1) is 10.0. The minimum absolute atomic E-state index is 0.0684. The fraction of sp³-hybridized carbons (Fsp3) is 0.778. The van der Waals surface area contributed by atoms with Gasteiger partial charge in [-0.1, -0.05) is 13.8 Å². The van der Waals surface area contributed by atoms with Gasteiger partial charge in [0.05, 0.1) is 0 Å². The lowest BCUT2D eigenvalue weighted by molar-refractivity contribution is -0.122. The van der Waals surface area contributed by atoms with Crippen LogP contribution >= 0.6 is 0 Å². The standard InChI is InChI=1S/C9H16N2O2/c1-5(2)7-8(12)10-9(13)11(7)6(3)4/h5-7H,1-4H3,(H,10,12,13). The van der Waals surface area contributed by atoms with Gasteiger partial charge in [0.25, 0.3) is 5.91 Å². The second kappa shape index (κ2) is 3.36. The highest BCUT2D eigenvalue weighted by atomic mass is 16.2. The number of hydrogen-bond acceptors (Lipinski definition) is 2. The largest absolute Gasteiger partial charge is 0.325 e. The second-order valence-electron chi connectivity index (χ2n) is 3.98. The van der Waals surface area contributed by atoms with E-state index in [1.807, 2.05) is 27.7 Å². The summed E-state index contributed by atoms with van der Waals surface area (Å²) in [6.07, 6.45) is 0. The predicted molar refractivity (Wildman–Crippen MR) is 49.1 cm³/mol. The van der Waals surface area contributed by atoms with E-state index >= 15 is 0 Å². The molecule has 0 radical (unpaired) electrons. The van der Waals surface area contributed by atoms with Gasteiger partial charge in [-0.3, -0.25) is 10.1 Å². The highest BCUT2D eigenvalue weighted by Crippen LogP contribution is 2.19. The Bertz CT molecular complexity index is 212. The van der Waals surface area contributed by atoms with Gasteiger partial charge in [0, 0.05) is 6.04 Å². The maximum atomic E-state index is 11.4. The summed E-state index contributed by atoms with van der Waals surface area (Å²) in [5, 5.41) is 2.33. The van der Waals surface area contributed by atoms with Crippen molar-refractivity contribution in [3.8, 4) is 0 Å². The fourth-order valence-corrected chi connectivity index (χ4v) is 1.68. The Labute approximate surface area is 78.3 Å². The van der Waals surface area contributed by atoms with Crippen molar-refractivity contribution in [2.45, 2.75) is 39.8 Å². The van der Waals surface area contributed by atoms with E-state index in [1.54, 1.807) is 4.90 Å². The number of hydrogen-bond donors (Lipinski definition) is 1. The molecular weight excluding hydrogens is 168 g/mol. The molecule has 0 aromatic carbocycles. The normalized spacial score (nSPS) is 23.2. The Morgan fingerprint density at radius 1 is 1.23 bits per heavy atom. The zero-order chi connectivity index (χ0) is 10.2. The molecule has 4 heteroatoms. The lowest BCUT2D eigenvalue weighted by Gasteiger charge is -2.27. The van der Waals surface area contributed by atoms with Gasteiger partial charge in [-0.15, -0.1) is 0 Å². The molecule has 1 saturated heterocycles.